The predicted octanol–water partition coefficient (Wildman–Crippen LogP) is 5.06. The fourth-order valence-electron chi connectivity index (χ4n) is 3.54. The van der Waals surface area contributed by atoms with E-state index >= 15 is 0 Å². The van der Waals surface area contributed by atoms with E-state index in [1.165, 1.54) is 12.1 Å². The molecule has 1 amide bonds. The maximum Gasteiger partial charge on any atom is 0.416 e. The van der Waals surface area contributed by atoms with E-state index in [1.807, 2.05) is 41.9 Å². The summed E-state index contributed by atoms with van der Waals surface area (Å²) in [5.41, 5.74) is 1.76. The molecule has 0 aliphatic heterocycles. The van der Waals surface area contributed by atoms with Crippen LogP contribution in [0.2, 0.25) is 0 Å². The number of benzene rings is 3. The van der Waals surface area contributed by atoms with Gasteiger partial charge in [-0.25, -0.2) is 4.98 Å². The van der Waals surface area contributed by atoms with Gasteiger partial charge >= 0.3 is 6.18 Å². The molecule has 0 unspecified atom stereocenters. The molecular formula is C24H21F3N4O. The lowest BCUT2D eigenvalue weighted by molar-refractivity contribution is -0.137. The van der Waals surface area contributed by atoms with Crippen molar-refractivity contribution in [1.29, 1.82) is 0 Å². The van der Waals surface area contributed by atoms with Gasteiger partial charge in [0.25, 0.3) is 0 Å². The zero-order valence-electron chi connectivity index (χ0n) is 17.2. The van der Waals surface area contributed by atoms with E-state index in [2.05, 4.69) is 15.6 Å². The minimum atomic E-state index is -4.49. The molecule has 0 aliphatic rings. The molecule has 5 nitrogen and oxygen atoms in total. The van der Waals surface area contributed by atoms with Crippen molar-refractivity contribution >= 4 is 22.6 Å². The normalized spacial score (nSPS) is 12.6. The minimum Gasteiger partial charge on any atom is -0.330 e. The largest absolute Gasteiger partial charge is 0.416 e. The van der Waals surface area contributed by atoms with Crippen molar-refractivity contribution < 1.29 is 18.0 Å². The van der Waals surface area contributed by atoms with Gasteiger partial charge in [-0.1, -0.05) is 48.5 Å². The zero-order chi connectivity index (χ0) is 22.7. The maximum absolute atomic E-state index is 13.1. The monoisotopic (exact) mass is 438 g/mol. The zero-order valence-corrected chi connectivity index (χ0v) is 17.2. The molecule has 4 aromatic rings. The molecule has 0 bridgehead atoms. The second kappa shape index (κ2) is 8.84. The molecule has 164 valence electrons. The Kier molecular flexibility index (Phi) is 5.96. The lowest BCUT2D eigenvalue weighted by Crippen LogP contribution is -2.33. The average Bonchev–Trinajstić information content (AvgIpc) is 3.10. The SMILES string of the molecule is Cn1c(CN[C@H](C(=O)Nc2cccc(C(F)(F)F)c2)c2ccccc2)nc2ccccc21. The van der Waals surface area contributed by atoms with Crippen molar-refractivity contribution in [3.05, 3.63) is 95.8 Å². The van der Waals surface area contributed by atoms with Crippen molar-refractivity contribution in [2.75, 3.05) is 5.32 Å². The quantitative estimate of drug-likeness (QED) is 0.442. The van der Waals surface area contributed by atoms with Crippen LogP contribution in [0.25, 0.3) is 11.0 Å². The van der Waals surface area contributed by atoms with Crippen molar-refractivity contribution in [1.82, 2.24) is 14.9 Å². The number of nitrogens with one attached hydrogen (secondary N) is 2. The molecule has 4 rings (SSSR count). The number of fused-ring (bicyclic) bond motifs is 1. The van der Waals surface area contributed by atoms with E-state index in [0.717, 1.165) is 29.0 Å². The topological polar surface area (TPSA) is 59.0 Å². The van der Waals surface area contributed by atoms with Crippen LogP contribution in [0.1, 0.15) is 23.0 Å². The van der Waals surface area contributed by atoms with Gasteiger partial charge in [-0.15, -0.1) is 0 Å². The third-order valence-corrected chi connectivity index (χ3v) is 5.20. The van der Waals surface area contributed by atoms with Crippen LogP contribution in [0.3, 0.4) is 0 Å². The molecule has 0 saturated heterocycles. The molecule has 1 aromatic heterocycles. The van der Waals surface area contributed by atoms with Gasteiger partial charge in [-0.3, -0.25) is 10.1 Å². The number of nitrogens with zero attached hydrogens (tertiary/aromatic N) is 2. The van der Waals surface area contributed by atoms with Crippen LogP contribution < -0.4 is 10.6 Å². The van der Waals surface area contributed by atoms with Gasteiger partial charge in [0.2, 0.25) is 5.91 Å². The van der Waals surface area contributed by atoms with Crippen LogP contribution in [0.15, 0.2) is 78.9 Å². The Morgan fingerprint density at radius 1 is 1.00 bits per heavy atom. The number of carbonyl (C=O) groups excluding carboxylic acids is 1. The van der Waals surface area contributed by atoms with Gasteiger partial charge in [-0.2, -0.15) is 13.2 Å². The van der Waals surface area contributed by atoms with Crippen molar-refractivity contribution in [2.24, 2.45) is 7.05 Å². The van der Waals surface area contributed by atoms with E-state index in [0.29, 0.717) is 12.1 Å². The highest BCUT2D eigenvalue weighted by Crippen LogP contribution is 2.31. The van der Waals surface area contributed by atoms with E-state index in [1.54, 1.807) is 24.3 Å². The van der Waals surface area contributed by atoms with Crippen LogP contribution in [0.5, 0.6) is 0 Å². The molecule has 1 heterocycles. The summed E-state index contributed by atoms with van der Waals surface area (Å²) >= 11 is 0. The summed E-state index contributed by atoms with van der Waals surface area (Å²) in [4.78, 5) is 17.7. The number of hydrogen-bond donors (Lipinski definition) is 2. The fourth-order valence-corrected chi connectivity index (χ4v) is 3.54. The van der Waals surface area contributed by atoms with Crippen LogP contribution in [-0.4, -0.2) is 15.5 Å². The van der Waals surface area contributed by atoms with E-state index < -0.39 is 23.7 Å². The summed E-state index contributed by atoms with van der Waals surface area (Å²) in [6.07, 6.45) is -4.49. The number of rotatable bonds is 6. The third kappa shape index (κ3) is 4.65. The predicted molar refractivity (Wildman–Crippen MR) is 117 cm³/mol. The van der Waals surface area contributed by atoms with Gasteiger partial charge in [0.05, 0.1) is 23.1 Å². The molecule has 0 fully saturated rings. The Hall–Kier alpha value is -3.65. The average molecular weight is 438 g/mol. The van der Waals surface area contributed by atoms with Crippen molar-refractivity contribution in [3.63, 3.8) is 0 Å². The standard InChI is InChI=1S/C24H21F3N4O/c1-31-20-13-6-5-12-19(20)30-21(31)15-28-22(16-8-3-2-4-9-16)23(32)29-18-11-7-10-17(14-18)24(25,26)27/h2-14,22,28H,15H2,1H3,(H,29,32)/t22-/m0/s1. The lowest BCUT2D eigenvalue weighted by atomic mass is 10.1. The number of para-hydroxylation sites is 2. The summed E-state index contributed by atoms with van der Waals surface area (Å²) in [5.74, 6) is 0.272. The van der Waals surface area contributed by atoms with Crippen molar-refractivity contribution in [3.8, 4) is 0 Å². The Morgan fingerprint density at radius 2 is 1.72 bits per heavy atom. The molecule has 0 spiro atoms. The number of carbonyl (C=O) groups is 1. The first kappa shape index (κ1) is 21.6. The van der Waals surface area contributed by atoms with Gasteiger partial charge < -0.3 is 9.88 Å². The molecule has 32 heavy (non-hydrogen) atoms. The number of halogens is 3. The summed E-state index contributed by atoms with van der Waals surface area (Å²) in [7, 11) is 1.90. The Bertz CT molecular complexity index is 1230. The Balaban J connectivity index is 1.57. The first-order valence-corrected chi connectivity index (χ1v) is 10.00. The highest BCUT2D eigenvalue weighted by Gasteiger charge is 2.31. The summed E-state index contributed by atoms with van der Waals surface area (Å²) in [6, 6.07) is 20.5. The number of hydrogen-bond acceptors (Lipinski definition) is 3. The van der Waals surface area contributed by atoms with E-state index in [9.17, 15) is 18.0 Å². The number of aryl methyl sites for hydroxylation is 1. The van der Waals surface area contributed by atoms with Gasteiger partial charge in [-0.05, 0) is 35.9 Å². The molecule has 0 aliphatic carbocycles. The number of amides is 1. The Labute approximate surface area is 182 Å². The highest BCUT2D eigenvalue weighted by atomic mass is 19.4. The lowest BCUT2D eigenvalue weighted by Gasteiger charge is -2.19. The molecule has 8 heteroatoms. The second-order valence-corrected chi connectivity index (χ2v) is 7.37. The van der Waals surface area contributed by atoms with E-state index in [4.69, 9.17) is 0 Å². The van der Waals surface area contributed by atoms with Crippen LogP contribution in [0, 0.1) is 0 Å². The molecule has 0 radical (unpaired) electrons. The van der Waals surface area contributed by atoms with Crippen LogP contribution in [-0.2, 0) is 24.6 Å². The molecule has 0 saturated carbocycles. The van der Waals surface area contributed by atoms with E-state index in [-0.39, 0.29) is 5.69 Å². The summed E-state index contributed by atoms with van der Waals surface area (Å²) < 4.78 is 41.0. The first-order chi connectivity index (χ1) is 15.3. The van der Waals surface area contributed by atoms with Crippen molar-refractivity contribution in [2.45, 2.75) is 18.8 Å². The molecule has 1 atom stereocenters. The van der Waals surface area contributed by atoms with Crippen LogP contribution in [0.4, 0.5) is 18.9 Å². The number of anilines is 1. The van der Waals surface area contributed by atoms with Gasteiger partial charge in [0.1, 0.15) is 11.9 Å². The van der Waals surface area contributed by atoms with Gasteiger partial charge in [0.15, 0.2) is 0 Å². The second-order valence-electron chi connectivity index (χ2n) is 7.37. The Morgan fingerprint density at radius 3 is 2.44 bits per heavy atom. The summed E-state index contributed by atoms with van der Waals surface area (Å²) in [6.45, 7) is 0.292. The number of aromatic nitrogens is 2. The molecule has 3 aromatic carbocycles. The number of alkyl halides is 3. The fraction of sp³-hybridized carbons (Fsp3) is 0.167. The van der Waals surface area contributed by atoms with Crippen LogP contribution >= 0.6 is 0 Å². The maximum atomic E-state index is 13.1. The number of imidazole rings is 1. The molecular weight excluding hydrogens is 417 g/mol. The third-order valence-electron chi connectivity index (χ3n) is 5.20. The minimum absolute atomic E-state index is 0.0790. The highest BCUT2D eigenvalue weighted by molar-refractivity contribution is 5.95. The van der Waals surface area contributed by atoms with Gasteiger partial charge in [0, 0.05) is 12.7 Å². The summed E-state index contributed by atoms with van der Waals surface area (Å²) in [5, 5.41) is 5.80. The smallest absolute Gasteiger partial charge is 0.330 e. The molecule has 2 N–H and O–H groups in total. The first-order valence-electron chi connectivity index (χ1n) is 10.00.